The summed E-state index contributed by atoms with van der Waals surface area (Å²) in [5.74, 6) is 2.85. The first-order valence-corrected chi connectivity index (χ1v) is 11.3. The van der Waals surface area contributed by atoms with Gasteiger partial charge in [0.15, 0.2) is 11.6 Å². The molecule has 3 aromatic heterocycles. The monoisotopic (exact) mass is 428 g/mol. The highest BCUT2D eigenvalue weighted by Gasteiger charge is 2.24. The highest BCUT2D eigenvalue weighted by atomic mass is 32.2. The molecule has 3 N–H and O–H groups in total. The fraction of sp³-hybridized carbons (Fsp3) is 0.421. The average Bonchev–Trinajstić information content (AvgIpc) is 2.77. The van der Waals surface area contributed by atoms with Crippen LogP contribution >= 0.6 is 0 Å². The van der Waals surface area contributed by atoms with Crippen LogP contribution in [0.3, 0.4) is 0 Å². The Labute approximate surface area is 177 Å². The molecule has 0 spiro atoms. The van der Waals surface area contributed by atoms with Crippen molar-refractivity contribution in [3.8, 4) is 0 Å². The number of pyridine rings is 1. The summed E-state index contributed by atoms with van der Waals surface area (Å²) in [5, 5.41) is 16.0. The predicted octanol–water partition coefficient (Wildman–Crippen LogP) is 0.788. The Hall–Kier alpha value is -2.76. The summed E-state index contributed by atoms with van der Waals surface area (Å²) in [6.07, 6.45) is 4.47. The molecule has 4 rings (SSSR count). The van der Waals surface area contributed by atoms with Crippen molar-refractivity contribution in [2.45, 2.75) is 19.6 Å². The molecule has 0 aromatic carbocycles. The molecule has 11 heteroatoms. The van der Waals surface area contributed by atoms with E-state index in [0.29, 0.717) is 66.3 Å². The lowest BCUT2D eigenvalue weighted by Crippen LogP contribution is -2.41. The average molecular weight is 429 g/mol. The van der Waals surface area contributed by atoms with Gasteiger partial charge in [-0.15, -0.1) is 0 Å². The first kappa shape index (κ1) is 20.5. The molecule has 158 valence electrons. The molecule has 1 saturated heterocycles. The van der Waals surface area contributed by atoms with E-state index in [0.717, 1.165) is 5.56 Å². The number of fused-ring (bicyclic) bond motifs is 1. The standard InChI is InChI=1S/C19H24N8O2S/c1-13(28)9-22-19-25-15-16(18(26-19)27-5-7-30(29)8-6-27)23-12-24-17(15)21-11-14-3-2-4-20-10-14/h2-4,10,12-13,28H,5-9,11H2,1H3,(H,21,23,24)(H,22,25,26). The molecule has 4 heterocycles. The van der Waals surface area contributed by atoms with Crippen LogP contribution in [0.2, 0.25) is 0 Å². The van der Waals surface area contributed by atoms with Crippen molar-refractivity contribution in [2.24, 2.45) is 0 Å². The largest absolute Gasteiger partial charge is 0.616 e. The highest BCUT2D eigenvalue weighted by Crippen LogP contribution is 2.28. The minimum Gasteiger partial charge on any atom is -0.616 e. The van der Waals surface area contributed by atoms with Crippen molar-refractivity contribution >= 4 is 39.8 Å². The summed E-state index contributed by atoms with van der Waals surface area (Å²) in [6, 6.07) is 3.86. The maximum atomic E-state index is 11.8. The van der Waals surface area contributed by atoms with Crippen LogP contribution in [-0.2, 0) is 17.7 Å². The second-order valence-electron chi connectivity index (χ2n) is 7.07. The van der Waals surface area contributed by atoms with Crippen molar-refractivity contribution in [3.05, 3.63) is 36.4 Å². The maximum absolute atomic E-state index is 11.8. The molecule has 0 radical (unpaired) electrons. The van der Waals surface area contributed by atoms with Gasteiger partial charge >= 0.3 is 0 Å². The van der Waals surface area contributed by atoms with Gasteiger partial charge in [0.05, 0.1) is 19.2 Å². The van der Waals surface area contributed by atoms with Crippen LogP contribution in [0, 0.1) is 0 Å². The molecule has 1 aliphatic rings. The number of nitrogens with one attached hydrogen (secondary N) is 2. The van der Waals surface area contributed by atoms with Gasteiger partial charge in [0.2, 0.25) is 5.95 Å². The molecule has 0 amide bonds. The van der Waals surface area contributed by atoms with Crippen LogP contribution in [0.25, 0.3) is 11.0 Å². The van der Waals surface area contributed by atoms with Gasteiger partial charge in [0.25, 0.3) is 0 Å². The summed E-state index contributed by atoms with van der Waals surface area (Å²) >= 11 is -0.797. The van der Waals surface area contributed by atoms with Crippen LogP contribution in [0.1, 0.15) is 12.5 Å². The predicted molar refractivity (Wildman–Crippen MR) is 117 cm³/mol. The lowest BCUT2D eigenvalue weighted by atomic mass is 10.3. The zero-order chi connectivity index (χ0) is 20.9. The molecule has 3 aromatic rings. The third-order valence-electron chi connectivity index (χ3n) is 4.68. The summed E-state index contributed by atoms with van der Waals surface area (Å²) in [7, 11) is 0. The summed E-state index contributed by atoms with van der Waals surface area (Å²) in [6.45, 7) is 3.83. The summed E-state index contributed by atoms with van der Waals surface area (Å²) in [5.41, 5.74) is 2.24. The smallest absolute Gasteiger partial charge is 0.225 e. The zero-order valence-electron chi connectivity index (χ0n) is 16.7. The third-order valence-corrected chi connectivity index (χ3v) is 5.96. The van der Waals surface area contributed by atoms with E-state index < -0.39 is 17.3 Å². The number of aliphatic hydroxyl groups excluding tert-OH is 1. The number of hydrogen-bond acceptors (Lipinski definition) is 10. The number of aliphatic hydroxyl groups is 1. The lowest BCUT2D eigenvalue weighted by molar-refractivity contribution is 0.208. The van der Waals surface area contributed by atoms with E-state index in [9.17, 15) is 9.66 Å². The van der Waals surface area contributed by atoms with Crippen LogP contribution < -0.4 is 15.5 Å². The molecule has 0 bridgehead atoms. The first-order chi connectivity index (χ1) is 14.6. The van der Waals surface area contributed by atoms with Gasteiger partial charge < -0.3 is 25.2 Å². The Morgan fingerprint density at radius 3 is 2.77 bits per heavy atom. The molecular weight excluding hydrogens is 404 g/mol. The van der Waals surface area contributed by atoms with Gasteiger partial charge in [-0.3, -0.25) is 4.98 Å². The number of rotatable bonds is 7. The van der Waals surface area contributed by atoms with E-state index >= 15 is 0 Å². The van der Waals surface area contributed by atoms with E-state index in [-0.39, 0.29) is 0 Å². The Bertz CT molecular complexity index is 983. The van der Waals surface area contributed by atoms with Crippen molar-refractivity contribution in [2.75, 3.05) is 46.7 Å². The molecule has 1 atom stereocenters. The zero-order valence-corrected chi connectivity index (χ0v) is 17.5. The molecule has 0 aliphatic carbocycles. The second kappa shape index (κ2) is 9.37. The van der Waals surface area contributed by atoms with Crippen LogP contribution in [0.5, 0.6) is 0 Å². The van der Waals surface area contributed by atoms with Gasteiger partial charge in [-0.25, -0.2) is 15.0 Å². The van der Waals surface area contributed by atoms with Gasteiger partial charge in [0, 0.05) is 25.5 Å². The highest BCUT2D eigenvalue weighted by molar-refractivity contribution is 7.91. The first-order valence-electron chi connectivity index (χ1n) is 9.77. The van der Waals surface area contributed by atoms with Crippen molar-refractivity contribution in [3.63, 3.8) is 0 Å². The topological polar surface area (TPSA) is 135 Å². The Kier molecular flexibility index (Phi) is 6.41. The quantitative estimate of drug-likeness (QED) is 0.463. The number of aromatic nitrogens is 5. The Balaban J connectivity index is 1.69. The van der Waals surface area contributed by atoms with Crippen molar-refractivity contribution in [1.82, 2.24) is 24.9 Å². The van der Waals surface area contributed by atoms with E-state index in [2.05, 4.69) is 40.5 Å². The van der Waals surface area contributed by atoms with E-state index in [1.54, 1.807) is 19.3 Å². The molecule has 0 saturated carbocycles. The fourth-order valence-corrected chi connectivity index (χ4v) is 4.19. The minimum atomic E-state index is -0.797. The normalized spacial score (nSPS) is 15.9. The Morgan fingerprint density at radius 2 is 2.03 bits per heavy atom. The molecule has 10 nitrogen and oxygen atoms in total. The Morgan fingerprint density at radius 1 is 1.20 bits per heavy atom. The van der Waals surface area contributed by atoms with Crippen LogP contribution in [-0.4, -0.2) is 71.8 Å². The fourth-order valence-electron chi connectivity index (χ4n) is 3.14. The summed E-state index contributed by atoms with van der Waals surface area (Å²) in [4.78, 5) is 24.3. The van der Waals surface area contributed by atoms with E-state index in [4.69, 9.17) is 0 Å². The SMILES string of the molecule is CC(O)CNc1nc(N2CC[S+]([O-])CC2)c2ncnc(NCc3cccnc3)c2n1. The maximum Gasteiger partial charge on any atom is 0.225 e. The second-order valence-corrected chi connectivity index (χ2v) is 8.77. The molecule has 1 aliphatic heterocycles. The van der Waals surface area contributed by atoms with Gasteiger partial charge in [0.1, 0.15) is 28.9 Å². The van der Waals surface area contributed by atoms with Crippen LogP contribution in [0.15, 0.2) is 30.9 Å². The van der Waals surface area contributed by atoms with Crippen molar-refractivity contribution < 1.29 is 9.66 Å². The van der Waals surface area contributed by atoms with Gasteiger partial charge in [-0.1, -0.05) is 17.2 Å². The van der Waals surface area contributed by atoms with E-state index in [1.807, 2.05) is 12.1 Å². The lowest BCUT2D eigenvalue weighted by Gasteiger charge is -2.29. The van der Waals surface area contributed by atoms with Crippen molar-refractivity contribution in [1.29, 1.82) is 0 Å². The molecule has 1 fully saturated rings. The number of anilines is 3. The van der Waals surface area contributed by atoms with Gasteiger partial charge in [-0.05, 0) is 18.6 Å². The number of hydrogen-bond donors (Lipinski definition) is 3. The molecule has 30 heavy (non-hydrogen) atoms. The summed E-state index contributed by atoms with van der Waals surface area (Å²) < 4.78 is 11.8. The van der Waals surface area contributed by atoms with Gasteiger partial charge in [-0.2, -0.15) is 4.98 Å². The molecule has 1 unspecified atom stereocenters. The number of nitrogens with zero attached hydrogens (tertiary/aromatic N) is 6. The van der Waals surface area contributed by atoms with Crippen LogP contribution in [0.4, 0.5) is 17.6 Å². The minimum absolute atomic E-state index is 0.321. The molecular formula is C19H24N8O2S. The third kappa shape index (κ3) is 4.86. The van der Waals surface area contributed by atoms with E-state index in [1.165, 1.54) is 6.33 Å².